The van der Waals surface area contributed by atoms with Crippen LogP contribution < -0.4 is 5.32 Å². The number of hydrogen-bond acceptors (Lipinski definition) is 4. The van der Waals surface area contributed by atoms with Crippen LogP contribution in [0.3, 0.4) is 0 Å². The first-order valence-electron chi connectivity index (χ1n) is 9.23. The summed E-state index contributed by atoms with van der Waals surface area (Å²) in [7, 11) is -1.06. The molecule has 3 rings (SSSR count). The number of rotatable bonds is 4. The van der Waals surface area contributed by atoms with Gasteiger partial charge in [-0.2, -0.15) is 0 Å². The van der Waals surface area contributed by atoms with Gasteiger partial charge in [0.05, 0.1) is 11.2 Å². The maximum atomic E-state index is 15.7. The predicted molar refractivity (Wildman–Crippen MR) is 110 cm³/mol. The summed E-state index contributed by atoms with van der Waals surface area (Å²) in [5.41, 5.74) is -0.557. The molecule has 2 fully saturated rings. The molecular formula is C19H26BCl2FN2O2. The molecular weight excluding hydrogens is 389 g/mol. The smallest absolute Gasteiger partial charge is 0.398 e. The molecule has 1 aromatic carbocycles. The Labute approximate surface area is 171 Å². The molecule has 27 heavy (non-hydrogen) atoms. The highest BCUT2D eigenvalue weighted by atomic mass is 35.5. The zero-order chi connectivity index (χ0) is 19.8. The highest BCUT2D eigenvalue weighted by Crippen LogP contribution is 2.41. The van der Waals surface area contributed by atoms with E-state index >= 15 is 4.39 Å². The van der Waals surface area contributed by atoms with Gasteiger partial charge in [0.1, 0.15) is 5.73 Å². The van der Waals surface area contributed by atoms with E-state index in [0.717, 1.165) is 26.2 Å². The van der Waals surface area contributed by atoms with Gasteiger partial charge < -0.3 is 14.6 Å². The Kier molecular flexibility index (Phi) is 6.26. The summed E-state index contributed by atoms with van der Waals surface area (Å²) in [5.74, 6) is 0. The summed E-state index contributed by atoms with van der Waals surface area (Å²) >= 11 is 12.4. The van der Waals surface area contributed by atoms with Gasteiger partial charge in [-0.25, -0.2) is 4.39 Å². The van der Waals surface area contributed by atoms with E-state index in [1.807, 2.05) is 27.7 Å². The minimum absolute atomic E-state index is 0.416. The van der Waals surface area contributed by atoms with E-state index in [1.54, 1.807) is 18.2 Å². The standard InChI is InChI=1S/C19H26BCl2FN2O2/c1-18(2)19(3,4)27-20(26-18)17(23)15(12-25-9-7-24-8-10-25)14-6-5-13(21)11-16(14)22/h5-6,11,24H,7-10,12H2,1-4H3. The second kappa shape index (κ2) is 8.01. The van der Waals surface area contributed by atoms with E-state index in [-0.39, 0.29) is 0 Å². The van der Waals surface area contributed by atoms with Crippen LogP contribution in [0.25, 0.3) is 5.57 Å². The zero-order valence-corrected chi connectivity index (χ0v) is 17.8. The van der Waals surface area contributed by atoms with Crippen molar-refractivity contribution < 1.29 is 13.7 Å². The Morgan fingerprint density at radius 2 is 1.74 bits per heavy atom. The average Bonchev–Trinajstić information content (AvgIpc) is 2.81. The molecule has 1 N–H and O–H groups in total. The monoisotopic (exact) mass is 414 g/mol. The molecule has 0 atom stereocenters. The van der Waals surface area contributed by atoms with Crippen molar-refractivity contribution in [3.05, 3.63) is 39.5 Å². The van der Waals surface area contributed by atoms with Crippen LogP contribution in [-0.4, -0.2) is 55.9 Å². The zero-order valence-electron chi connectivity index (χ0n) is 16.2. The van der Waals surface area contributed by atoms with Crippen molar-refractivity contribution in [1.29, 1.82) is 0 Å². The molecule has 2 aliphatic heterocycles. The van der Waals surface area contributed by atoms with E-state index in [4.69, 9.17) is 32.5 Å². The molecule has 0 aromatic heterocycles. The molecule has 4 nitrogen and oxygen atoms in total. The van der Waals surface area contributed by atoms with Crippen molar-refractivity contribution >= 4 is 35.9 Å². The highest BCUT2D eigenvalue weighted by Gasteiger charge is 2.53. The summed E-state index contributed by atoms with van der Waals surface area (Å²) in [4.78, 5) is 2.20. The molecule has 2 heterocycles. The van der Waals surface area contributed by atoms with Crippen molar-refractivity contribution in [2.75, 3.05) is 32.7 Å². The first-order chi connectivity index (χ1) is 12.6. The minimum atomic E-state index is -1.06. The number of halogens is 3. The quantitative estimate of drug-likeness (QED) is 0.748. The van der Waals surface area contributed by atoms with Crippen LogP contribution in [0.1, 0.15) is 33.3 Å². The number of piperazine rings is 1. The van der Waals surface area contributed by atoms with Gasteiger partial charge in [-0.1, -0.05) is 29.3 Å². The number of nitrogens with zero attached hydrogens (tertiary/aromatic N) is 1. The van der Waals surface area contributed by atoms with Crippen molar-refractivity contribution in [2.24, 2.45) is 0 Å². The van der Waals surface area contributed by atoms with Gasteiger partial charge >= 0.3 is 7.12 Å². The summed E-state index contributed by atoms with van der Waals surface area (Å²) in [5, 5.41) is 4.24. The van der Waals surface area contributed by atoms with Crippen molar-refractivity contribution in [2.45, 2.75) is 38.9 Å². The maximum absolute atomic E-state index is 15.7. The van der Waals surface area contributed by atoms with Crippen LogP contribution in [0.5, 0.6) is 0 Å². The van der Waals surface area contributed by atoms with E-state index in [1.165, 1.54) is 0 Å². The van der Waals surface area contributed by atoms with Gasteiger partial charge in [-0.05, 0) is 45.4 Å². The molecule has 0 saturated carbocycles. The lowest BCUT2D eigenvalue weighted by atomic mass is 9.82. The Balaban J connectivity index is 1.98. The molecule has 8 heteroatoms. The van der Waals surface area contributed by atoms with Crippen LogP contribution in [0.15, 0.2) is 23.9 Å². The molecule has 0 radical (unpaired) electrons. The van der Waals surface area contributed by atoms with Gasteiger partial charge in [0.2, 0.25) is 0 Å². The molecule has 0 spiro atoms. The van der Waals surface area contributed by atoms with Crippen molar-refractivity contribution in [3.8, 4) is 0 Å². The van der Waals surface area contributed by atoms with Gasteiger partial charge in [0.15, 0.2) is 0 Å². The molecule has 0 amide bonds. The Hall–Kier alpha value is -0.625. The minimum Gasteiger partial charge on any atom is -0.398 e. The summed E-state index contributed by atoms with van der Waals surface area (Å²) in [6.07, 6.45) is 0. The van der Waals surface area contributed by atoms with Crippen molar-refractivity contribution in [1.82, 2.24) is 10.2 Å². The number of nitrogens with one attached hydrogen (secondary N) is 1. The lowest BCUT2D eigenvalue weighted by Crippen LogP contribution is -2.44. The van der Waals surface area contributed by atoms with E-state index < -0.39 is 24.0 Å². The van der Waals surface area contributed by atoms with Gasteiger partial charge in [0.25, 0.3) is 0 Å². The topological polar surface area (TPSA) is 33.7 Å². The second-order valence-electron chi connectivity index (χ2n) is 8.07. The lowest BCUT2D eigenvalue weighted by molar-refractivity contribution is 0.00578. The van der Waals surface area contributed by atoms with Crippen LogP contribution >= 0.6 is 23.2 Å². The fourth-order valence-corrected chi connectivity index (χ4v) is 3.73. The van der Waals surface area contributed by atoms with Gasteiger partial charge in [-0.15, -0.1) is 0 Å². The van der Waals surface area contributed by atoms with Crippen LogP contribution in [0.2, 0.25) is 10.0 Å². The normalized spacial score (nSPS) is 23.4. The van der Waals surface area contributed by atoms with Crippen LogP contribution in [-0.2, 0) is 9.31 Å². The van der Waals surface area contributed by atoms with Crippen LogP contribution in [0, 0.1) is 0 Å². The SMILES string of the molecule is CC1(C)OB(C(F)=C(CN2CCNCC2)c2ccc(Cl)cc2Cl)OC1(C)C. The fourth-order valence-electron chi connectivity index (χ4n) is 3.21. The third kappa shape index (κ3) is 4.52. The summed E-state index contributed by atoms with van der Waals surface area (Å²) in [6.45, 7) is 11.5. The fraction of sp³-hybridized carbons (Fsp3) is 0.579. The molecule has 0 unspecified atom stereocenters. The summed E-state index contributed by atoms with van der Waals surface area (Å²) < 4.78 is 27.5. The lowest BCUT2D eigenvalue weighted by Gasteiger charge is -2.32. The Bertz CT molecular complexity index is 720. The van der Waals surface area contributed by atoms with E-state index in [9.17, 15) is 0 Å². The molecule has 0 bridgehead atoms. The van der Waals surface area contributed by atoms with E-state index in [2.05, 4.69) is 10.2 Å². The first kappa shape index (κ1) is 21.1. The van der Waals surface area contributed by atoms with E-state index in [0.29, 0.717) is 27.7 Å². The largest absolute Gasteiger partial charge is 0.525 e. The molecule has 0 aliphatic carbocycles. The molecule has 148 valence electrons. The first-order valence-corrected chi connectivity index (χ1v) is 9.99. The summed E-state index contributed by atoms with van der Waals surface area (Å²) in [6, 6.07) is 5.11. The highest BCUT2D eigenvalue weighted by molar-refractivity contribution is 6.55. The van der Waals surface area contributed by atoms with Gasteiger partial charge in [-0.3, -0.25) is 4.90 Å². The molecule has 2 saturated heterocycles. The van der Waals surface area contributed by atoms with Crippen LogP contribution in [0.4, 0.5) is 4.39 Å². The average molecular weight is 415 g/mol. The third-order valence-electron chi connectivity index (χ3n) is 5.60. The Morgan fingerprint density at radius 1 is 1.15 bits per heavy atom. The van der Waals surface area contributed by atoms with Gasteiger partial charge in [0, 0.05) is 48.3 Å². The number of hydrogen-bond donors (Lipinski definition) is 1. The van der Waals surface area contributed by atoms with Crippen molar-refractivity contribution in [3.63, 3.8) is 0 Å². The molecule has 2 aliphatic rings. The number of benzene rings is 1. The predicted octanol–water partition coefficient (Wildman–Crippen LogP) is 4.21. The Morgan fingerprint density at radius 3 is 2.30 bits per heavy atom. The third-order valence-corrected chi connectivity index (χ3v) is 6.14. The maximum Gasteiger partial charge on any atom is 0.525 e. The molecule has 1 aromatic rings. The second-order valence-corrected chi connectivity index (χ2v) is 8.91.